The van der Waals surface area contributed by atoms with Crippen molar-refractivity contribution in [2.24, 2.45) is 0 Å². The Labute approximate surface area is 81.1 Å². The van der Waals surface area contributed by atoms with Crippen LogP contribution in [0.5, 0.6) is 0 Å². The molecule has 0 aromatic carbocycles. The van der Waals surface area contributed by atoms with Gasteiger partial charge in [0.1, 0.15) is 0 Å². The topological polar surface area (TPSA) is 35.5 Å². The van der Waals surface area contributed by atoms with Crippen LogP contribution < -0.4 is 5.32 Å². The number of nitrogens with one attached hydrogen (secondary N) is 1. The van der Waals surface area contributed by atoms with Crippen molar-refractivity contribution >= 4 is 0 Å². The molecule has 3 heteroatoms. The summed E-state index contributed by atoms with van der Waals surface area (Å²) in [6.45, 7) is 4.11. The first-order valence-electron chi connectivity index (χ1n) is 5.15. The van der Waals surface area contributed by atoms with Gasteiger partial charge in [0.25, 0.3) is 0 Å². The van der Waals surface area contributed by atoms with E-state index in [2.05, 4.69) is 24.2 Å². The molecule has 1 fully saturated rings. The van der Waals surface area contributed by atoms with E-state index in [0.29, 0.717) is 6.04 Å². The molecule has 1 aliphatic rings. The molecule has 2 N–H and O–H groups in total. The van der Waals surface area contributed by atoms with Crippen molar-refractivity contribution in [3.63, 3.8) is 0 Å². The number of hydrogen-bond acceptors (Lipinski definition) is 3. The monoisotopic (exact) mass is 186 g/mol. The van der Waals surface area contributed by atoms with Crippen LogP contribution in [0.1, 0.15) is 26.2 Å². The molecule has 0 amide bonds. The molecule has 1 saturated heterocycles. The van der Waals surface area contributed by atoms with Gasteiger partial charge in [-0.25, -0.2) is 0 Å². The van der Waals surface area contributed by atoms with Crippen molar-refractivity contribution in [3.8, 4) is 0 Å². The Hall–Kier alpha value is -0.120. The van der Waals surface area contributed by atoms with Crippen LogP contribution in [0.4, 0.5) is 0 Å². The van der Waals surface area contributed by atoms with Crippen LogP contribution in [0.25, 0.3) is 0 Å². The lowest BCUT2D eigenvalue weighted by Gasteiger charge is -2.41. The second kappa shape index (κ2) is 4.40. The largest absolute Gasteiger partial charge is 0.390 e. The van der Waals surface area contributed by atoms with Crippen molar-refractivity contribution in [1.82, 2.24) is 10.2 Å². The normalized spacial score (nSPS) is 36.5. The highest BCUT2D eigenvalue weighted by molar-refractivity contribution is 4.89. The molecule has 0 aromatic heterocycles. The average Bonchev–Trinajstić information content (AvgIpc) is 2.09. The third-order valence-electron chi connectivity index (χ3n) is 3.20. The maximum atomic E-state index is 10.2. The van der Waals surface area contributed by atoms with E-state index >= 15 is 0 Å². The zero-order valence-electron chi connectivity index (χ0n) is 9.01. The molecule has 78 valence electrons. The molecule has 1 aliphatic heterocycles. The molecular weight excluding hydrogens is 164 g/mol. The fraction of sp³-hybridized carbons (Fsp3) is 1.00. The van der Waals surface area contributed by atoms with Crippen molar-refractivity contribution in [3.05, 3.63) is 0 Å². The lowest BCUT2D eigenvalue weighted by Crippen LogP contribution is -2.48. The summed E-state index contributed by atoms with van der Waals surface area (Å²) in [5.74, 6) is 0. The minimum absolute atomic E-state index is 0.422. The van der Waals surface area contributed by atoms with E-state index in [9.17, 15) is 5.11 Å². The average molecular weight is 186 g/mol. The van der Waals surface area contributed by atoms with Gasteiger partial charge in [0.15, 0.2) is 0 Å². The summed E-state index contributed by atoms with van der Waals surface area (Å²) in [5, 5.41) is 13.3. The fourth-order valence-electron chi connectivity index (χ4n) is 2.00. The standard InChI is InChI=1S/C10H22N2O/c1-9-8-10(13,4-6-11-2)5-7-12(9)3/h9,11,13H,4-8H2,1-3H3. The zero-order valence-corrected chi connectivity index (χ0v) is 9.01. The Kier molecular flexibility index (Phi) is 3.71. The van der Waals surface area contributed by atoms with Gasteiger partial charge >= 0.3 is 0 Å². The molecule has 0 radical (unpaired) electrons. The lowest BCUT2D eigenvalue weighted by molar-refractivity contribution is -0.0410. The lowest BCUT2D eigenvalue weighted by atomic mass is 9.84. The Morgan fingerprint density at radius 3 is 2.85 bits per heavy atom. The van der Waals surface area contributed by atoms with Crippen molar-refractivity contribution in [2.75, 3.05) is 27.2 Å². The van der Waals surface area contributed by atoms with E-state index in [1.165, 1.54) is 0 Å². The number of rotatable bonds is 3. The van der Waals surface area contributed by atoms with E-state index in [4.69, 9.17) is 0 Å². The number of nitrogens with zero attached hydrogens (tertiary/aromatic N) is 1. The first-order chi connectivity index (χ1) is 6.07. The molecule has 0 aliphatic carbocycles. The smallest absolute Gasteiger partial charge is 0.0686 e. The van der Waals surface area contributed by atoms with Crippen LogP contribution in [0, 0.1) is 0 Å². The van der Waals surface area contributed by atoms with Gasteiger partial charge in [0.2, 0.25) is 0 Å². The highest BCUT2D eigenvalue weighted by atomic mass is 16.3. The maximum absolute atomic E-state index is 10.2. The number of hydrogen-bond donors (Lipinski definition) is 2. The van der Waals surface area contributed by atoms with Crippen LogP contribution in [0.15, 0.2) is 0 Å². The van der Waals surface area contributed by atoms with Gasteiger partial charge in [-0.15, -0.1) is 0 Å². The van der Waals surface area contributed by atoms with Gasteiger partial charge in [-0.05, 0) is 46.8 Å². The van der Waals surface area contributed by atoms with Crippen molar-refractivity contribution in [1.29, 1.82) is 0 Å². The first-order valence-corrected chi connectivity index (χ1v) is 5.15. The molecule has 1 heterocycles. The fourth-order valence-corrected chi connectivity index (χ4v) is 2.00. The van der Waals surface area contributed by atoms with Crippen LogP contribution >= 0.6 is 0 Å². The van der Waals surface area contributed by atoms with Gasteiger partial charge in [0.05, 0.1) is 5.60 Å². The zero-order chi connectivity index (χ0) is 9.90. The predicted octanol–water partition coefficient (Wildman–Crippen LogP) is 0.441. The minimum Gasteiger partial charge on any atom is -0.390 e. The Bertz CT molecular complexity index is 159. The van der Waals surface area contributed by atoms with Gasteiger partial charge in [-0.2, -0.15) is 0 Å². The molecule has 0 spiro atoms. The van der Waals surface area contributed by atoms with Crippen LogP contribution in [-0.2, 0) is 0 Å². The number of likely N-dealkylation sites (tertiary alicyclic amines) is 1. The van der Waals surface area contributed by atoms with Crippen LogP contribution in [0.2, 0.25) is 0 Å². The summed E-state index contributed by atoms with van der Waals surface area (Å²) in [7, 11) is 4.06. The van der Waals surface area contributed by atoms with Gasteiger partial charge < -0.3 is 15.3 Å². The van der Waals surface area contributed by atoms with Crippen LogP contribution in [0.3, 0.4) is 0 Å². The molecule has 2 unspecified atom stereocenters. The molecule has 0 bridgehead atoms. The SMILES string of the molecule is CNCCC1(O)CCN(C)C(C)C1. The van der Waals surface area contributed by atoms with E-state index in [0.717, 1.165) is 32.4 Å². The second-order valence-electron chi connectivity index (χ2n) is 4.36. The third kappa shape index (κ3) is 2.93. The van der Waals surface area contributed by atoms with E-state index in [-0.39, 0.29) is 0 Å². The molecule has 0 saturated carbocycles. The Balaban J connectivity index is 2.41. The highest BCUT2D eigenvalue weighted by Gasteiger charge is 2.34. The summed E-state index contributed by atoms with van der Waals surface area (Å²) in [5.41, 5.74) is -0.422. The molecule has 2 atom stereocenters. The maximum Gasteiger partial charge on any atom is 0.0686 e. The van der Waals surface area contributed by atoms with E-state index < -0.39 is 5.60 Å². The molecule has 1 rings (SSSR count). The van der Waals surface area contributed by atoms with Crippen molar-refractivity contribution in [2.45, 2.75) is 37.8 Å². The summed E-state index contributed by atoms with van der Waals surface area (Å²) in [6, 6.07) is 0.510. The number of aliphatic hydroxyl groups is 1. The van der Waals surface area contributed by atoms with Gasteiger partial charge in [-0.1, -0.05) is 0 Å². The molecule has 3 nitrogen and oxygen atoms in total. The number of piperidine rings is 1. The first kappa shape index (κ1) is 11.0. The quantitative estimate of drug-likeness (QED) is 0.671. The van der Waals surface area contributed by atoms with Crippen molar-refractivity contribution < 1.29 is 5.11 Å². The van der Waals surface area contributed by atoms with Gasteiger partial charge in [-0.3, -0.25) is 0 Å². The molecule has 0 aromatic rings. The summed E-state index contributed by atoms with van der Waals surface area (Å²) < 4.78 is 0. The minimum atomic E-state index is -0.422. The Morgan fingerprint density at radius 2 is 2.31 bits per heavy atom. The summed E-state index contributed by atoms with van der Waals surface area (Å²) in [6.07, 6.45) is 2.70. The molecule has 13 heavy (non-hydrogen) atoms. The summed E-state index contributed by atoms with van der Waals surface area (Å²) in [4.78, 5) is 2.31. The highest BCUT2D eigenvalue weighted by Crippen LogP contribution is 2.28. The molecular formula is C10H22N2O. The predicted molar refractivity (Wildman–Crippen MR) is 54.8 cm³/mol. The van der Waals surface area contributed by atoms with Crippen LogP contribution in [-0.4, -0.2) is 48.8 Å². The van der Waals surface area contributed by atoms with E-state index in [1.54, 1.807) is 0 Å². The van der Waals surface area contributed by atoms with E-state index in [1.807, 2.05) is 7.05 Å². The third-order valence-corrected chi connectivity index (χ3v) is 3.20. The Morgan fingerprint density at radius 1 is 1.62 bits per heavy atom. The summed E-state index contributed by atoms with van der Waals surface area (Å²) >= 11 is 0. The van der Waals surface area contributed by atoms with Gasteiger partial charge in [0, 0.05) is 12.6 Å². The second-order valence-corrected chi connectivity index (χ2v) is 4.36.